The number of hydrogen-bond acceptors (Lipinski definition) is 4. The zero-order valence-corrected chi connectivity index (χ0v) is 12.6. The number of anilines is 2. The largest absolute Gasteiger partial charge is 0.464 e. The number of likely N-dealkylation sites (N-methyl/N-ethyl adjacent to an activating group) is 1. The van der Waals surface area contributed by atoms with Crippen molar-refractivity contribution in [1.82, 2.24) is 5.32 Å². The Morgan fingerprint density at radius 2 is 1.95 bits per heavy atom. The van der Waals surface area contributed by atoms with Crippen LogP contribution in [0, 0.1) is 0 Å². The van der Waals surface area contributed by atoms with Gasteiger partial charge in [0.25, 0.3) is 0 Å². The van der Waals surface area contributed by atoms with Crippen molar-refractivity contribution < 1.29 is 14.3 Å². The van der Waals surface area contributed by atoms with E-state index in [1.165, 1.54) is 0 Å². The minimum Gasteiger partial charge on any atom is -0.464 e. The molecular formula is C15H21N3O3. The highest BCUT2D eigenvalue weighted by molar-refractivity contribution is 5.98. The fraction of sp³-hybridized carbons (Fsp3) is 0.467. The summed E-state index contributed by atoms with van der Waals surface area (Å²) < 4.78 is 4.90. The number of amides is 2. The molecule has 0 aliphatic carbocycles. The first-order valence-corrected chi connectivity index (χ1v) is 7.09. The molecule has 0 saturated carbocycles. The van der Waals surface area contributed by atoms with Gasteiger partial charge in [-0.05, 0) is 26.0 Å². The topological polar surface area (TPSA) is 61.9 Å². The maximum atomic E-state index is 12.4. The van der Waals surface area contributed by atoms with Crippen LogP contribution in [0.5, 0.6) is 0 Å². The molecule has 1 heterocycles. The van der Waals surface area contributed by atoms with Crippen LogP contribution >= 0.6 is 0 Å². The highest BCUT2D eigenvalue weighted by Gasteiger charge is 2.27. The molecule has 114 valence electrons. The molecule has 1 N–H and O–H groups in total. The van der Waals surface area contributed by atoms with Gasteiger partial charge in [-0.1, -0.05) is 12.1 Å². The number of fused-ring (bicyclic) bond motifs is 1. The van der Waals surface area contributed by atoms with Crippen molar-refractivity contribution in [3.05, 3.63) is 24.3 Å². The molecule has 0 radical (unpaired) electrons. The second-order valence-corrected chi connectivity index (χ2v) is 4.99. The van der Waals surface area contributed by atoms with Crippen LogP contribution in [0.25, 0.3) is 0 Å². The van der Waals surface area contributed by atoms with E-state index in [0.717, 1.165) is 17.9 Å². The minimum atomic E-state index is -0.663. The van der Waals surface area contributed by atoms with Gasteiger partial charge < -0.3 is 15.0 Å². The average Bonchev–Trinajstić information content (AvgIpc) is 2.48. The minimum absolute atomic E-state index is 0.281. The summed E-state index contributed by atoms with van der Waals surface area (Å²) in [4.78, 5) is 27.7. The van der Waals surface area contributed by atoms with Crippen molar-refractivity contribution in [2.75, 3.05) is 36.5 Å². The van der Waals surface area contributed by atoms with Crippen LogP contribution in [0.2, 0.25) is 0 Å². The quantitative estimate of drug-likeness (QED) is 0.859. The van der Waals surface area contributed by atoms with E-state index < -0.39 is 12.0 Å². The average molecular weight is 291 g/mol. The van der Waals surface area contributed by atoms with E-state index in [1.807, 2.05) is 31.3 Å². The van der Waals surface area contributed by atoms with Gasteiger partial charge in [-0.3, -0.25) is 4.90 Å². The predicted octanol–water partition coefficient (Wildman–Crippen LogP) is 1.60. The number of hydrogen-bond donors (Lipinski definition) is 1. The maximum Gasteiger partial charge on any atom is 0.328 e. The van der Waals surface area contributed by atoms with Crippen molar-refractivity contribution in [1.29, 1.82) is 0 Å². The first-order valence-electron chi connectivity index (χ1n) is 7.09. The van der Waals surface area contributed by atoms with Crippen molar-refractivity contribution in [3.63, 3.8) is 0 Å². The molecule has 21 heavy (non-hydrogen) atoms. The highest BCUT2D eigenvalue weighted by Crippen LogP contribution is 2.31. The molecule has 1 aromatic carbocycles. The van der Waals surface area contributed by atoms with Gasteiger partial charge in [0.15, 0.2) is 0 Å². The Morgan fingerprint density at radius 3 is 2.62 bits per heavy atom. The van der Waals surface area contributed by atoms with Gasteiger partial charge in [0.05, 0.1) is 18.0 Å². The second kappa shape index (κ2) is 6.47. The third-order valence-corrected chi connectivity index (χ3v) is 3.47. The summed E-state index contributed by atoms with van der Waals surface area (Å²) in [6.07, 6.45) is 0. The lowest BCUT2D eigenvalue weighted by atomic mass is 10.2. The smallest absolute Gasteiger partial charge is 0.328 e. The first kappa shape index (κ1) is 15.2. The third kappa shape index (κ3) is 3.26. The third-order valence-electron chi connectivity index (χ3n) is 3.47. The zero-order valence-electron chi connectivity index (χ0n) is 12.6. The van der Waals surface area contributed by atoms with Crippen LogP contribution < -0.4 is 15.1 Å². The molecule has 0 aromatic heterocycles. The molecule has 1 atom stereocenters. The van der Waals surface area contributed by atoms with Gasteiger partial charge in [-0.15, -0.1) is 0 Å². The monoisotopic (exact) mass is 291 g/mol. The number of carbonyl (C=O) groups excluding carboxylic acids is 2. The fourth-order valence-electron chi connectivity index (χ4n) is 2.31. The number of nitrogens with zero attached hydrogens (tertiary/aromatic N) is 2. The van der Waals surface area contributed by atoms with Gasteiger partial charge in [0, 0.05) is 20.1 Å². The number of para-hydroxylation sites is 2. The van der Waals surface area contributed by atoms with Gasteiger partial charge in [-0.25, -0.2) is 9.59 Å². The lowest BCUT2D eigenvalue weighted by Gasteiger charge is -2.35. The normalized spacial score (nSPS) is 15.2. The molecule has 1 aromatic rings. The lowest BCUT2D eigenvalue weighted by molar-refractivity contribution is -0.144. The number of rotatable bonds is 3. The SMILES string of the molecule is CCOC(=O)C(C)NC(=O)N1CCN(C)c2ccccc21. The van der Waals surface area contributed by atoms with Gasteiger partial charge >= 0.3 is 12.0 Å². The molecule has 1 aliphatic heterocycles. The molecule has 6 nitrogen and oxygen atoms in total. The van der Waals surface area contributed by atoms with Crippen molar-refractivity contribution in [2.45, 2.75) is 19.9 Å². The van der Waals surface area contributed by atoms with Crippen LogP contribution in [-0.4, -0.2) is 44.8 Å². The second-order valence-electron chi connectivity index (χ2n) is 4.99. The number of urea groups is 1. The van der Waals surface area contributed by atoms with Crippen molar-refractivity contribution in [3.8, 4) is 0 Å². The molecule has 1 unspecified atom stereocenters. The highest BCUT2D eigenvalue weighted by atomic mass is 16.5. The van der Waals surface area contributed by atoms with Crippen molar-refractivity contribution in [2.24, 2.45) is 0 Å². The standard InChI is InChI=1S/C15H21N3O3/c1-4-21-14(19)11(2)16-15(20)18-10-9-17(3)12-7-5-6-8-13(12)18/h5-8,11H,4,9-10H2,1-3H3,(H,16,20). The van der Waals surface area contributed by atoms with E-state index in [4.69, 9.17) is 4.74 Å². The number of carbonyl (C=O) groups is 2. The van der Waals surface area contributed by atoms with E-state index in [2.05, 4.69) is 10.2 Å². The molecule has 0 bridgehead atoms. The molecule has 2 amide bonds. The van der Waals surface area contributed by atoms with Crippen LogP contribution in [0.4, 0.5) is 16.2 Å². The molecule has 0 spiro atoms. The van der Waals surface area contributed by atoms with Gasteiger partial charge in [0.2, 0.25) is 0 Å². The Hall–Kier alpha value is -2.24. The Morgan fingerprint density at radius 1 is 1.29 bits per heavy atom. The fourth-order valence-corrected chi connectivity index (χ4v) is 2.31. The Labute approximate surface area is 124 Å². The molecular weight excluding hydrogens is 270 g/mol. The van der Waals surface area contributed by atoms with Gasteiger partial charge in [0.1, 0.15) is 6.04 Å². The molecule has 1 aliphatic rings. The summed E-state index contributed by atoms with van der Waals surface area (Å²) in [6, 6.07) is 6.77. The number of ether oxygens (including phenoxy) is 1. The molecule has 0 saturated heterocycles. The summed E-state index contributed by atoms with van der Waals surface area (Å²) in [7, 11) is 2.00. The summed E-state index contributed by atoms with van der Waals surface area (Å²) in [5.74, 6) is -0.423. The predicted molar refractivity (Wildman–Crippen MR) is 81.7 cm³/mol. The molecule has 6 heteroatoms. The van der Waals surface area contributed by atoms with E-state index >= 15 is 0 Å². The Balaban J connectivity index is 2.10. The maximum absolute atomic E-state index is 12.4. The van der Waals surface area contributed by atoms with Crippen LogP contribution in [-0.2, 0) is 9.53 Å². The van der Waals surface area contributed by atoms with Crippen molar-refractivity contribution >= 4 is 23.4 Å². The molecule has 0 fully saturated rings. The van der Waals surface area contributed by atoms with E-state index in [9.17, 15) is 9.59 Å². The van der Waals surface area contributed by atoms with Crippen LogP contribution in [0.1, 0.15) is 13.8 Å². The number of benzene rings is 1. The number of esters is 1. The zero-order chi connectivity index (χ0) is 15.4. The molecule has 2 rings (SSSR count). The summed E-state index contributed by atoms with van der Waals surface area (Å²) in [5, 5.41) is 2.68. The van der Waals surface area contributed by atoms with E-state index in [0.29, 0.717) is 13.2 Å². The van der Waals surface area contributed by atoms with E-state index in [-0.39, 0.29) is 6.03 Å². The van der Waals surface area contributed by atoms with Crippen LogP contribution in [0.15, 0.2) is 24.3 Å². The van der Waals surface area contributed by atoms with Crippen LogP contribution in [0.3, 0.4) is 0 Å². The summed E-state index contributed by atoms with van der Waals surface area (Å²) in [5.41, 5.74) is 1.85. The summed E-state index contributed by atoms with van der Waals surface area (Å²) >= 11 is 0. The van der Waals surface area contributed by atoms with E-state index in [1.54, 1.807) is 18.7 Å². The lowest BCUT2D eigenvalue weighted by Crippen LogP contribution is -2.51. The first-order chi connectivity index (χ1) is 10.0. The Bertz CT molecular complexity index is 533. The Kier molecular flexibility index (Phi) is 4.67. The summed E-state index contributed by atoms with van der Waals surface area (Å²) in [6.45, 7) is 4.99. The van der Waals surface area contributed by atoms with Gasteiger partial charge in [-0.2, -0.15) is 0 Å². The number of nitrogens with one attached hydrogen (secondary N) is 1.